The quantitative estimate of drug-likeness (QED) is 0.158. The molecule has 0 radical (unpaired) electrons. The predicted octanol–water partition coefficient (Wildman–Crippen LogP) is 5.39. The van der Waals surface area contributed by atoms with E-state index < -0.39 is 24.2 Å². The van der Waals surface area contributed by atoms with Crippen LogP contribution in [0.4, 0.5) is 8.78 Å². The second-order valence-corrected chi connectivity index (χ2v) is 11.1. The molecule has 0 fully saturated rings. The molecule has 0 heterocycles. The first kappa shape index (κ1) is 37.0. The van der Waals surface area contributed by atoms with Crippen LogP contribution in [-0.4, -0.2) is 25.0 Å². The normalized spacial score (nSPS) is 10.7. The molecule has 0 aliphatic rings. The number of hydrogen-bond donors (Lipinski definition) is 1. The monoisotopic (exact) mass is 641 g/mol. The summed E-state index contributed by atoms with van der Waals surface area (Å²) in [5.74, 6) is -3.06. The number of amides is 1. The minimum atomic E-state index is -1.47. The molecular formula is C33H36Cl2F2NNaO4. The van der Waals surface area contributed by atoms with E-state index in [1.807, 2.05) is 0 Å². The van der Waals surface area contributed by atoms with Gasteiger partial charge in [-0.05, 0) is 53.9 Å². The average molecular weight is 643 g/mol. The maximum atomic E-state index is 14.0. The van der Waals surface area contributed by atoms with Gasteiger partial charge < -0.3 is 20.0 Å². The maximum absolute atomic E-state index is 14.0. The molecule has 0 aliphatic heterocycles. The van der Waals surface area contributed by atoms with E-state index in [0.29, 0.717) is 28.8 Å². The Kier molecular flexibility index (Phi) is 16.6. The number of carboxylic acids is 1. The van der Waals surface area contributed by atoms with Crippen molar-refractivity contribution in [3.05, 3.63) is 75.8 Å². The number of halogens is 4. The summed E-state index contributed by atoms with van der Waals surface area (Å²) >= 11 is 12.1. The molecule has 3 rings (SSSR count). The Morgan fingerprint density at radius 2 is 1.23 bits per heavy atom. The molecule has 226 valence electrons. The fourth-order valence-corrected chi connectivity index (χ4v) is 5.08. The molecule has 1 N–H and O–H groups in total. The molecule has 43 heavy (non-hydrogen) atoms. The molecule has 0 aliphatic carbocycles. The van der Waals surface area contributed by atoms with Crippen LogP contribution < -0.4 is 44.7 Å². The van der Waals surface area contributed by atoms with Gasteiger partial charge in [0.1, 0.15) is 24.0 Å². The molecule has 5 nitrogen and oxygen atoms in total. The Hall–Kier alpha value is -2.16. The van der Waals surface area contributed by atoms with Gasteiger partial charge in [0.05, 0.1) is 16.0 Å². The van der Waals surface area contributed by atoms with Crippen molar-refractivity contribution in [2.45, 2.75) is 71.1 Å². The zero-order valence-electron chi connectivity index (χ0n) is 24.7. The minimum absolute atomic E-state index is 0. The zero-order chi connectivity index (χ0) is 30.5. The van der Waals surface area contributed by atoms with Crippen molar-refractivity contribution >= 4 is 35.1 Å². The van der Waals surface area contributed by atoms with Crippen LogP contribution in [0.1, 0.15) is 81.5 Å². The molecule has 3 aromatic rings. The average Bonchev–Trinajstić information content (AvgIpc) is 2.97. The van der Waals surface area contributed by atoms with E-state index in [2.05, 4.69) is 12.2 Å². The number of carbonyl (C=O) groups is 2. The summed E-state index contributed by atoms with van der Waals surface area (Å²) in [6.07, 6.45) is 11.8. The number of rotatable bonds is 17. The number of carbonyl (C=O) groups excluding carboxylic acids is 2. The van der Waals surface area contributed by atoms with E-state index >= 15 is 0 Å². The number of unbranched alkanes of at least 4 members (excludes halogenated alkanes) is 9. The summed E-state index contributed by atoms with van der Waals surface area (Å²) in [4.78, 5) is 24.5. The van der Waals surface area contributed by atoms with Gasteiger partial charge in [0, 0.05) is 23.2 Å². The molecule has 1 amide bonds. The number of aliphatic carboxylic acids is 1. The van der Waals surface area contributed by atoms with Crippen molar-refractivity contribution < 1.29 is 57.8 Å². The van der Waals surface area contributed by atoms with E-state index in [0.717, 1.165) is 31.4 Å². The zero-order valence-corrected chi connectivity index (χ0v) is 28.3. The SMILES string of the molecule is CCCCCCCCCCCCNC(=O)c1cc(-c2ccc(F)c(Cl)c2)c(OCC(=O)[O-])c(-c2ccc(F)c(Cl)c2)c1.[Na+]. The first-order valence-electron chi connectivity index (χ1n) is 14.4. The Balaban J connectivity index is 0.00000645. The maximum Gasteiger partial charge on any atom is 1.00 e. The van der Waals surface area contributed by atoms with Crippen molar-refractivity contribution in [2.24, 2.45) is 0 Å². The standard InChI is InChI=1S/C33H37Cl2F2NO4.Na/c1-2-3-4-5-6-7-8-9-10-11-16-38-33(41)24-17-25(22-12-14-29(36)27(34)19-22)32(42-21-31(39)40)26(18-24)23-13-15-30(37)28(35)20-23;/h12-15,17-20H,2-11,16,21H2,1H3,(H,38,41)(H,39,40);/q;+1/p-1. The summed E-state index contributed by atoms with van der Waals surface area (Å²) in [6, 6.07) is 11.0. The number of carboxylic acid groups (broad SMARTS) is 1. The van der Waals surface area contributed by atoms with Gasteiger partial charge in [-0.3, -0.25) is 4.79 Å². The van der Waals surface area contributed by atoms with Gasteiger partial charge in [-0.2, -0.15) is 0 Å². The van der Waals surface area contributed by atoms with Gasteiger partial charge in [-0.1, -0.05) is 100 Å². The van der Waals surface area contributed by atoms with E-state index in [4.69, 9.17) is 27.9 Å². The van der Waals surface area contributed by atoms with Crippen LogP contribution in [0.3, 0.4) is 0 Å². The van der Waals surface area contributed by atoms with Crippen LogP contribution in [0.5, 0.6) is 5.75 Å². The molecule has 10 heteroatoms. The fourth-order valence-electron chi connectivity index (χ4n) is 4.72. The smallest absolute Gasteiger partial charge is 0.546 e. The third-order valence-corrected chi connectivity index (χ3v) is 7.54. The molecule has 0 saturated heterocycles. The molecule has 0 unspecified atom stereocenters. The molecule has 0 aromatic heterocycles. The van der Waals surface area contributed by atoms with Crippen molar-refractivity contribution in [3.63, 3.8) is 0 Å². The van der Waals surface area contributed by atoms with Crippen LogP contribution in [0.15, 0.2) is 48.5 Å². The van der Waals surface area contributed by atoms with Crippen molar-refractivity contribution in [1.29, 1.82) is 0 Å². The van der Waals surface area contributed by atoms with Crippen LogP contribution in [0.25, 0.3) is 22.3 Å². The van der Waals surface area contributed by atoms with Gasteiger partial charge >= 0.3 is 29.6 Å². The van der Waals surface area contributed by atoms with Crippen LogP contribution >= 0.6 is 23.2 Å². The molecule has 0 spiro atoms. The first-order chi connectivity index (χ1) is 20.2. The minimum Gasteiger partial charge on any atom is -0.546 e. The van der Waals surface area contributed by atoms with E-state index in [-0.39, 0.29) is 56.8 Å². The van der Waals surface area contributed by atoms with Crippen LogP contribution in [0.2, 0.25) is 10.0 Å². The topological polar surface area (TPSA) is 78.5 Å². The molecule has 0 atom stereocenters. The largest absolute Gasteiger partial charge is 1.00 e. The Morgan fingerprint density at radius 3 is 1.67 bits per heavy atom. The van der Waals surface area contributed by atoms with Crippen LogP contribution in [0, 0.1) is 11.6 Å². The first-order valence-corrected chi connectivity index (χ1v) is 15.2. The van der Waals surface area contributed by atoms with Crippen molar-refractivity contribution in [3.8, 4) is 28.0 Å². The number of hydrogen-bond acceptors (Lipinski definition) is 4. The van der Waals surface area contributed by atoms with Gasteiger partial charge in [-0.25, -0.2) is 8.78 Å². The fraction of sp³-hybridized carbons (Fsp3) is 0.394. The number of nitrogens with one attached hydrogen (secondary N) is 1. The van der Waals surface area contributed by atoms with Gasteiger partial charge in [0.25, 0.3) is 5.91 Å². The van der Waals surface area contributed by atoms with Crippen LogP contribution in [-0.2, 0) is 4.79 Å². The van der Waals surface area contributed by atoms with E-state index in [1.54, 1.807) is 0 Å². The van der Waals surface area contributed by atoms with Crippen molar-refractivity contribution in [1.82, 2.24) is 5.32 Å². The summed E-state index contributed by atoms with van der Waals surface area (Å²) < 4.78 is 33.6. The van der Waals surface area contributed by atoms with Gasteiger partial charge in [0.15, 0.2) is 0 Å². The van der Waals surface area contributed by atoms with Gasteiger partial charge in [0.2, 0.25) is 0 Å². The molecule has 0 saturated carbocycles. The Bertz CT molecular complexity index is 1300. The summed E-state index contributed by atoms with van der Waals surface area (Å²) in [5, 5.41) is 13.9. The van der Waals surface area contributed by atoms with E-state index in [1.165, 1.54) is 81.3 Å². The second kappa shape index (κ2) is 19.3. The van der Waals surface area contributed by atoms with E-state index in [9.17, 15) is 23.5 Å². The predicted molar refractivity (Wildman–Crippen MR) is 162 cm³/mol. The Labute approximate surface area is 284 Å². The summed E-state index contributed by atoms with van der Waals surface area (Å²) in [7, 11) is 0. The molecule has 3 aromatic carbocycles. The molecular weight excluding hydrogens is 606 g/mol. The number of ether oxygens (including phenoxy) is 1. The third-order valence-electron chi connectivity index (χ3n) is 6.96. The Morgan fingerprint density at radius 1 is 0.767 bits per heavy atom. The second-order valence-electron chi connectivity index (χ2n) is 10.3. The third kappa shape index (κ3) is 11.7. The number of benzene rings is 3. The summed E-state index contributed by atoms with van der Waals surface area (Å²) in [6.45, 7) is 1.89. The van der Waals surface area contributed by atoms with Gasteiger partial charge in [-0.15, -0.1) is 0 Å². The summed E-state index contributed by atoms with van der Waals surface area (Å²) in [5.41, 5.74) is 1.59. The van der Waals surface area contributed by atoms with Crippen molar-refractivity contribution in [2.75, 3.05) is 13.2 Å². The molecule has 0 bridgehead atoms.